The molecule has 1 amide bonds. The van der Waals surface area contributed by atoms with E-state index in [1.165, 1.54) is 7.11 Å². The Hall–Kier alpha value is -2.90. The van der Waals surface area contributed by atoms with Gasteiger partial charge in [0.05, 0.1) is 26.6 Å². The molecular formula is C18H23N5O3. The van der Waals surface area contributed by atoms with E-state index in [0.29, 0.717) is 29.7 Å². The maximum absolute atomic E-state index is 12.3. The predicted molar refractivity (Wildman–Crippen MR) is 96.6 cm³/mol. The molecule has 0 aliphatic carbocycles. The van der Waals surface area contributed by atoms with E-state index in [1.54, 1.807) is 37.8 Å². The number of carbonyl (C=O) groups excluding carboxylic acids is 1. The van der Waals surface area contributed by atoms with Crippen LogP contribution in [-0.2, 0) is 0 Å². The number of piperidine rings is 1. The van der Waals surface area contributed by atoms with Gasteiger partial charge in [-0.15, -0.1) is 0 Å². The molecule has 1 aliphatic heterocycles. The number of nitrogens with one attached hydrogen (secondary N) is 1. The summed E-state index contributed by atoms with van der Waals surface area (Å²) in [6, 6.07) is 3.32. The van der Waals surface area contributed by atoms with Crippen LogP contribution in [0.1, 0.15) is 23.2 Å². The molecule has 1 aliphatic rings. The molecular weight excluding hydrogens is 334 g/mol. The fourth-order valence-corrected chi connectivity index (χ4v) is 2.92. The molecule has 0 aromatic carbocycles. The SMILES string of the molecule is COc1cnc(N2CCC(CNC(=O)c3ccnc(OC)c3)CC2)nc1. The zero-order valence-electron chi connectivity index (χ0n) is 15.0. The van der Waals surface area contributed by atoms with Crippen LogP contribution in [0.25, 0.3) is 0 Å². The molecule has 0 bridgehead atoms. The first kappa shape index (κ1) is 17.9. The summed E-state index contributed by atoms with van der Waals surface area (Å²) >= 11 is 0. The number of nitrogens with zero attached hydrogens (tertiary/aromatic N) is 4. The number of methoxy groups -OCH3 is 2. The molecule has 26 heavy (non-hydrogen) atoms. The van der Waals surface area contributed by atoms with Crippen molar-refractivity contribution in [3.05, 3.63) is 36.3 Å². The molecule has 0 radical (unpaired) electrons. The monoisotopic (exact) mass is 357 g/mol. The summed E-state index contributed by atoms with van der Waals surface area (Å²) in [5, 5.41) is 3.00. The first-order valence-corrected chi connectivity index (χ1v) is 8.59. The molecule has 3 heterocycles. The van der Waals surface area contributed by atoms with Crippen molar-refractivity contribution in [2.24, 2.45) is 5.92 Å². The number of anilines is 1. The van der Waals surface area contributed by atoms with Gasteiger partial charge in [-0.1, -0.05) is 0 Å². The van der Waals surface area contributed by atoms with Crippen LogP contribution < -0.4 is 19.7 Å². The summed E-state index contributed by atoms with van der Waals surface area (Å²) in [6.45, 7) is 2.40. The average Bonchev–Trinajstić information content (AvgIpc) is 2.72. The Balaban J connectivity index is 1.47. The van der Waals surface area contributed by atoms with E-state index in [4.69, 9.17) is 9.47 Å². The molecule has 138 valence electrons. The zero-order valence-corrected chi connectivity index (χ0v) is 15.0. The van der Waals surface area contributed by atoms with Gasteiger partial charge in [0, 0.05) is 37.5 Å². The van der Waals surface area contributed by atoms with Gasteiger partial charge < -0.3 is 19.7 Å². The molecule has 1 N–H and O–H groups in total. The molecule has 0 saturated carbocycles. The molecule has 8 heteroatoms. The van der Waals surface area contributed by atoms with E-state index >= 15 is 0 Å². The Morgan fingerprint density at radius 2 is 1.92 bits per heavy atom. The number of ether oxygens (including phenoxy) is 2. The molecule has 8 nitrogen and oxygen atoms in total. The van der Waals surface area contributed by atoms with E-state index in [9.17, 15) is 4.79 Å². The number of amides is 1. The lowest BCUT2D eigenvalue weighted by molar-refractivity contribution is 0.0944. The first-order valence-electron chi connectivity index (χ1n) is 8.59. The van der Waals surface area contributed by atoms with Crippen LogP contribution in [0.2, 0.25) is 0 Å². The Bertz CT molecular complexity index is 730. The topological polar surface area (TPSA) is 89.5 Å². The minimum Gasteiger partial charge on any atom is -0.494 e. The van der Waals surface area contributed by atoms with Gasteiger partial charge >= 0.3 is 0 Å². The Labute approximate surface area is 152 Å². The Morgan fingerprint density at radius 3 is 2.58 bits per heavy atom. The number of aromatic nitrogens is 3. The van der Waals surface area contributed by atoms with Crippen molar-refractivity contribution < 1.29 is 14.3 Å². The van der Waals surface area contributed by atoms with Gasteiger partial charge in [0.2, 0.25) is 11.8 Å². The standard InChI is InChI=1S/C18H23N5O3/c1-25-15-11-21-18(22-12-15)23-7-4-13(5-8-23)10-20-17(24)14-3-6-19-16(9-14)26-2/h3,6,9,11-13H,4-5,7-8,10H2,1-2H3,(H,20,24). The molecule has 2 aromatic rings. The van der Waals surface area contributed by atoms with Crippen LogP contribution in [0.3, 0.4) is 0 Å². The molecule has 1 fully saturated rings. The van der Waals surface area contributed by atoms with Gasteiger partial charge in [0.15, 0.2) is 5.75 Å². The first-order chi connectivity index (χ1) is 12.7. The lowest BCUT2D eigenvalue weighted by Crippen LogP contribution is -2.39. The van der Waals surface area contributed by atoms with E-state index in [2.05, 4.69) is 25.2 Å². The van der Waals surface area contributed by atoms with Crippen LogP contribution in [-0.4, -0.2) is 54.7 Å². The Morgan fingerprint density at radius 1 is 1.19 bits per heavy atom. The van der Waals surface area contributed by atoms with Gasteiger partial charge in [0.25, 0.3) is 5.91 Å². The fraction of sp³-hybridized carbons (Fsp3) is 0.444. The molecule has 0 spiro atoms. The zero-order chi connectivity index (χ0) is 18.4. The molecule has 0 unspecified atom stereocenters. The summed E-state index contributed by atoms with van der Waals surface area (Å²) < 4.78 is 10.1. The van der Waals surface area contributed by atoms with Crippen LogP contribution in [0, 0.1) is 5.92 Å². The van der Waals surface area contributed by atoms with Crippen LogP contribution in [0.15, 0.2) is 30.7 Å². The third kappa shape index (κ3) is 4.38. The minimum absolute atomic E-state index is 0.105. The number of carbonyl (C=O) groups is 1. The van der Waals surface area contributed by atoms with Gasteiger partial charge in [-0.05, 0) is 24.8 Å². The van der Waals surface area contributed by atoms with E-state index < -0.39 is 0 Å². The number of hydrogen-bond acceptors (Lipinski definition) is 7. The van der Waals surface area contributed by atoms with E-state index in [1.807, 2.05) is 0 Å². The van der Waals surface area contributed by atoms with Gasteiger partial charge in [-0.25, -0.2) is 15.0 Å². The smallest absolute Gasteiger partial charge is 0.251 e. The van der Waals surface area contributed by atoms with Gasteiger partial charge in [0.1, 0.15) is 0 Å². The van der Waals surface area contributed by atoms with Crippen LogP contribution >= 0.6 is 0 Å². The second kappa shape index (κ2) is 8.46. The van der Waals surface area contributed by atoms with Crippen LogP contribution in [0.4, 0.5) is 5.95 Å². The minimum atomic E-state index is -0.105. The highest BCUT2D eigenvalue weighted by Gasteiger charge is 2.21. The van der Waals surface area contributed by atoms with Crippen molar-refractivity contribution in [3.8, 4) is 11.6 Å². The number of pyridine rings is 1. The Kier molecular flexibility index (Phi) is 5.83. The number of hydrogen-bond donors (Lipinski definition) is 1. The summed E-state index contributed by atoms with van der Waals surface area (Å²) in [6.07, 6.45) is 6.89. The van der Waals surface area contributed by atoms with Crippen molar-refractivity contribution in [2.75, 3.05) is 38.8 Å². The largest absolute Gasteiger partial charge is 0.494 e. The van der Waals surface area contributed by atoms with Crippen molar-refractivity contribution >= 4 is 11.9 Å². The average molecular weight is 357 g/mol. The van der Waals surface area contributed by atoms with Crippen molar-refractivity contribution in [2.45, 2.75) is 12.8 Å². The third-order valence-corrected chi connectivity index (χ3v) is 4.51. The summed E-state index contributed by atoms with van der Waals surface area (Å²) in [7, 11) is 3.13. The third-order valence-electron chi connectivity index (χ3n) is 4.51. The van der Waals surface area contributed by atoms with Gasteiger partial charge in [-0.2, -0.15) is 0 Å². The number of rotatable bonds is 6. The molecule has 2 aromatic heterocycles. The van der Waals surface area contributed by atoms with Crippen molar-refractivity contribution in [1.82, 2.24) is 20.3 Å². The molecule has 0 atom stereocenters. The summed E-state index contributed by atoms with van der Waals surface area (Å²) in [5.74, 6) is 2.14. The summed E-state index contributed by atoms with van der Waals surface area (Å²) in [4.78, 5) is 27.1. The highest BCUT2D eigenvalue weighted by molar-refractivity contribution is 5.94. The molecule has 1 saturated heterocycles. The predicted octanol–water partition coefficient (Wildman–Crippen LogP) is 1.54. The normalized spacial score (nSPS) is 14.8. The second-order valence-electron chi connectivity index (χ2n) is 6.15. The van der Waals surface area contributed by atoms with Crippen molar-refractivity contribution in [1.29, 1.82) is 0 Å². The fourth-order valence-electron chi connectivity index (χ4n) is 2.92. The van der Waals surface area contributed by atoms with Gasteiger partial charge in [-0.3, -0.25) is 4.79 Å². The molecule has 3 rings (SSSR count). The quantitative estimate of drug-likeness (QED) is 0.838. The lowest BCUT2D eigenvalue weighted by Gasteiger charge is -2.32. The van der Waals surface area contributed by atoms with E-state index in [-0.39, 0.29) is 5.91 Å². The van der Waals surface area contributed by atoms with Crippen LogP contribution in [0.5, 0.6) is 11.6 Å². The highest BCUT2D eigenvalue weighted by Crippen LogP contribution is 2.21. The maximum atomic E-state index is 12.3. The van der Waals surface area contributed by atoms with Crippen molar-refractivity contribution in [3.63, 3.8) is 0 Å². The van der Waals surface area contributed by atoms with E-state index in [0.717, 1.165) is 31.9 Å². The lowest BCUT2D eigenvalue weighted by atomic mass is 9.97. The second-order valence-corrected chi connectivity index (χ2v) is 6.15. The maximum Gasteiger partial charge on any atom is 0.251 e. The highest BCUT2D eigenvalue weighted by atomic mass is 16.5. The summed E-state index contributed by atoms with van der Waals surface area (Å²) in [5.41, 5.74) is 0.556.